The molecule has 13 heavy (non-hydrogen) atoms. The van der Waals surface area contributed by atoms with Gasteiger partial charge in [0.15, 0.2) is 0 Å². The summed E-state index contributed by atoms with van der Waals surface area (Å²) in [6.07, 6.45) is 4.09. The standard InChI is InChI=1S/C11H21NO/c1-4-12-7-5-11(6-8-13)9(2)10(12)3/h4,9-11,13H,1,5-8H2,2-3H3/t9-,10+,11?/m0/s1. The maximum Gasteiger partial charge on any atom is 0.0433 e. The summed E-state index contributed by atoms with van der Waals surface area (Å²) in [7, 11) is 0. The fraction of sp³-hybridized carbons (Fsp3) is 0.818. The van der Waals surface area contributed by atoms with Gasteiger partial charge < -0.3 is 10.0 Å². The van der Waals surface area contributed by atoms with Gasteiger partial charge in [-0.15, -0.1) is 0 Å². The van der Waals surface area contributed by atoms with Gasteiger partial charge in [0, 0.05) is 19.2 Å². The Bertz CT molecular complexity index is 169. The van der Waals surface area contributed by atoms with E-state index in [1.165, 1.54) is 6.42 Å². The van der Waals surface area contributed by atoms with Crippen LogP contribution in [-0.2, 0) is 0 Å². The molecule has 1 rings (SSSR count). The predicted octanol–water partition coefficient (Wildman–Crippen LogP) is 1.86. The van der Waals surface area contributed by atoms with Gasteiger partial charge in [-0.1, -0.05) is 13.5 Å². The van der Waals surface area contributed by atoms with Crippen molar-refractivity contribution in [3.8, 4) is 0 Å². The van der Waals surface area contributed by atoms with E-state index in [-0.39, 0.29) is 0 Å². The molecule has 2 nitrogen and oxygen atoms in total. The van der Waals surface area contributed by atoms with E-state index < -0.39 is 0 Å². The van der Waals surface area contributed by atoms with Crippen LogP contribution in [0.4, 0.5) is 0 Å². The molecule has 0 amide bonds. The monoisotopic (exact) mass is 183 g/mol. The Morgan fingerprint density at radius 1 is 1.54 bits per heavy atom. The van der Waals surface area contributed by atoms with Crippen molar-refractivity contribution >= 4 is 0 Å². The summed E-state index contributed by atoms with van der Waals surface area (Å²) in [5, 5.41) is 8.91. The van der Waals surface area contributed by atoms with Crippen LogP contribution in [0.2, 0.25) is 0 Å². The fourth-order valence-electron chi connectivity index (χ4n) is 2.31. The highest BCUT2D eigenvalue weighted by atomic mass is 16.3. The number of aliphatic hydroxyl groups is 1. The second-order valence-electron chi connectivity index (χ2n) is 4.08. The van der Waals surface area contributed by atoms with E-state index in [0.29, 0.717) is 24.5 Å². The van der Waals surface area contributed by atoms with Gasteiger partial charge in [-0.3, -0.25) is 0 Å². The molecule has 0 aromatic heterocycles. The molecule has 1 saturated heterocycles. The minimum Gasteiger partial charge on any atom is -0.396 e. The van der Waals surface area contributed by atoms with E-state index in [4.69, 9.17) is 5.11 Å². The summed E-state index contributed by atoms with van der Waals surface area (Å²) >= 11 is 0. The van der Waals surface area contributed by atoms with Crippen molar-refractivity contribution in [3.05, 3.63) is 12.8 Å². The van der Waals surface area contributed by atoms with Crippen molar-refractivity contribution in [2.45, 2.75) is 32.7 Å². The third-order valence-electron chi connectivity index (χ3n) is 3.52. The number of likely N-dealkylation sites (tertiary alicyclic amines) is 1. The zero-order chi connectivity index (χ0) is 9.84. The van der Waals surface area contributed by atoms with Gasteiger partial charge in [-0.05, 0) is 37.8 Å². The summed E-state index contributed by atoms with van der Waals surface area (Å²) < 4.78 is 0. The van der Waals surface area contributed by atoms with Crippen LogP contribution in [0, 0.1) is 11.8 Å². The minimum absolute atomic E-state index is 0.329. The average molecular weight is 183 g/mol. The first-order chi connectivity index (χ1) is 6.20. The summed E-state index contributed by atoms with van der Waals surface area (Å²) in [5.41, 5.74) is 0. The third kappa shape index (κ3) is 2.25. The fourth-order valence-corrected chi connectivity index (χ4v) is 2.31. The van der Waals surface area contributed by atoms with Gasteiger partial charge in [-0.2, -0.15) is 0 Å². The highest BCUT2D eigenvalue weighted by molar-refractivity contribution is 4.88. The number of rotatable bonds is 3. The van der Waals surface area contributed by atoms with Gasteiger partial charge in [0.25, 0.3) is 0 Å². The first-order valence-electron chi connectivity index (χ1n) is 5.19. The summed E-state index contributed by atoms with van der Waals surface area (Å²) in [6.45, 7) is 9.77. The van der Waals surface area contributed by atoms with Crippen LogP contribution in [0.5, 0.6) is 0 Å². The molecule has 0 aliphatic carbocycles. The molecule has 0 bridgehead atoms. The van der Waals surface area contributed by atoms with E-state index in [2.05, 4.69) is 25.3 Å². The summed E-state index contributed by atoms with van der Waals surface area (Å²) in [6, 6.07) is 0.572. The molecule has 1 aliphatic heterocycles. The second kappa shape index (κ2) is 4.66. The molecule has 0 aromatic carbocycles. The summed E-state index contributed by atoms with van der Waals surface area (Å²) in [5.74, 6) is 1.36. The zero-order valence-corrected chi connectivity index (χ0v) is 8.74. The Kier molecular flexibility index (Phi) is 3.79. The van der Waals surface area contributed by atoms with Gasteiger partial charge in [0.1, 0.15) is 0 Å². The molecule has 0 saturated carbocycles. The Labute approximate surface area is 81.2 Å². The average Bonchev–Trinajstić information content (AvgIpc) is 2.14. The van der Waals surface area contributed by atoms with Crippen LogP contribution in [0.3, 0.4) is 0 Å². The molecule has 0 spiro atoms. The van der Waals surface area contributed by atoms with Gasteiger partial charge in [0.2, 0.25) is 0 Å². The van der Waals surface area contributed by atoms with Gasteiger partial charge in [-0.25, -0.2) is 0 Å². The van der Waals surface area contributed by atoms with Crippen molar-refractivity contribution in [2.24, 2.45) is 11.8 Å². The van der Waals surface area contributed by atoms with E-state index in [1.807, 2.05) is 6.20 Å². The number of hydrogen-bond acceptors (Lipinski definition) is 2. The van der Waals surface area contributed by atoms with Crippen LogP contribution < -0.4 is 0 Å². The molecular formula is C11H21NO. The molecule has 0 radical (unpaired) electrons. The third-order valence-corrected chi connectivity index (χ3v) is 3.52. The number of hydrogen-bond donors (Lipinski definition) is 1. The topological polar surface area (TPSA) is 23.5 Å². The molecule has 1 aliphatic rings. The van der Waals surface area contributed by atoms with Crippen molar-refractivity contribution in [2.75, 3.05) is 13.2 Å². The van der Waals surface area contributed by atoms with Crippen molar-refractivity contribution in [3.63, 3.8) is 0 Å². The zero-order valence-electron chi connectivity index (χ0n) is 8.74. The lowest BCUT2D eigenvalue weighted by atomic mass is 9.80. The van der Waals surface area contributed by atoms with E-state index in [0.717, 1.165) is 13.0 Å². The van der Waals surface area contributed by atoms with Crippen molar-refractivity contribution in [1.29, 1.82) is 0 Å². The molecule has 1 heterocycles. The molecule has 2 heteroatoms. The molecule has 1 unspecified atom stereocenters. The van der Waals surface area contributed by atoms with E-state index in [9.17, 15) is 0 Å². The first-order valence-corrected chi connectivity index (χ1v) is 5.19. The first kappa shape index (κ1) is 10.6. The van der Waals surface area contributed by atoms with Crippen molar-refractivity contribution < 1.29 is 5.11 Å². The largest absolute Gasteiger partial charge is 0.396 e. The normalized spacial score (nSPS) is 34.7. The lowest BCUT2D eigenvalue weighted by molar-refractivity contribution is 0.0902. The Hall–Kier alpha value is -0.500. The van der Waals surface area contributed by atoms with Crippen LogP contribution in [-0.4, -0.2) is 29.2 Å². The molecule has 0 aromatic rings. The minimum atomic E-state index is 0.329. The van der Waals surface area contributed by atoms with Crippen LogP contribution >= 0.6 is 0 Å². The van der Waals surface area contributed by atoms with Gasteiger partial charge in [0.05, 0.1) is 0 Å². The molecule has 3 atom stereocenters. The van der Waals surface area contributed by atoms with Crippen molar-refractivity contribution in [1.82, 2.24) is 4.90 Å². The van der Waals surface area contributed by atoms with Crippen LogP contribution in [0.25, 0.3) is 0 Å². The molecule has 1 fully saturated rings. The lowest BCUT2D eigenvalue weighted by Gasteiger charge is -2.42. The highest BCUT2D eigenvalue weighted by Gasteiger charge is 2.29. The van der Waals surface area contributed by atoms with E-state index in [1.54, 1.807) is 0 Å². The number of nitrogens with zero attached hydrogens (tertiary/aromatic N) is 1. The highest BCUT2D eigenvalue weighted by Crippen LogP contribution is 2.30. The Morgan fingerprint density at radius 2 is 2.23 bits per heavy atom. The van der Waals surface area contributed by atoms with Crippen LogP contribution in [0.15, 0.2) is 12.8 Å². The molecular weight excluding hydrogens is 162 g/mol. The van der Waals surface area contributed by atoms with E-state index >= 15 is 0 Å². The van der Waals surface area contributed by atoms with Crippen LogP contribution in [0.1, 0.15) is 26.7 Å². The maximum absolute atomic E-state index is 8.91. The number of aliphatic hydroxyl groups excluding tert-OH is 1. The predicted molar refractivity (Wildman–Crippen MR) is 55.3 cm³/mol. The maximum atomic E-state index is 8.91. The summed E-state index contributed by atoms with van der Waals surface area (Å²) in [4.78, 5) is 2.30. The SMILES string of the molecule is C=CN1CCC(CCO)[C@@H](C)[C@H]1C. The molecule has 1 N–H and O–H groups in total. The lowest BCUT2D eigenvalue weighted by Crippen LogP contribution is -2.43. The molecule has 76 valence electrons. The second-order valence-corrected chi connectivity index (χ2v) is 4.08. The Morgan fingerprint density at radius 3 is 2.77 bits per heavy atom. The Balaban J connectivity index is 2.53. The number of piperidine rings is 1. The van der Waals surface area contributed by atoms with Gasteiger partial charge >= 0.3 is 0 Å². The smallest absolute Gasteiger partial charge is 0.0433 e. The quantitative estimate of drug-likeness (QED) is 0.722.